The third-order valence-corrected chi connectivity index (χ3v) is 1.14. The van der Waals surface area contributed by atoms with Crippen molar-refractivity contribution >= 4 is 17.0 Å². The summed E-state index contributed by atoms with van der Waals surface area (Å²) in [4.78, 5) is 8.77. The van der Waals surface area contributed by atoms with Crippen molar-refractivity contribution < 1.29 is 18.7 Å². The van der Waals surface area contributed by atoms with Gasteiger partial charge in [-0.15, -0.1) is 0 Å². The summed E-state index contributed by atoms with van der Waals surface area (Å²) in [6.45, 7) is 1.56. The summed E-state index contributed by atoms with van der Waals surface area (Å²) in [5, 5.41) is 7.18. The summed E-state index contributed by atoms with van der Waals surface area (Å²) in [5.41, 5.74) is -1.36. The molecule has 1 aliphatic carbocycles. The Morgan fingerprint density at radius 3 is 1.90 bits per heavy atom. The molecule has 1 atom stereocenters. The second-order valence-corrected chi connectivity index (χ2v) is 2.44. The number of halogens is 3. The summed E-state index contributed by atoms with van der Waals surface area (Å²) in [6.07, 6.45) is 0.104. The van der Waals surface area contributed by atoms with Gasteiger partial charge in [0.1, 0.15) is 0 Å². The molecule has 1 fully saturated rings. The van der Waals surface area contributed by atoms with E-state index in [0.717, 1.165) is 0 Å². The Morgan fingerprint density at radius 1 is 1.80 bits per heavy atom. The van der Waals surface area contributed by atoms with Crippen molar-refractivity contribution in [1.82, 2.24) is 0 Å². The fraction of sp³-hybridized carbons (Fsp3) is 0.800. The van der Waals surface area contributed by atoms with Gasteiger partial charge in [0.2, 0.25) is 0 Å². The third-order valence-electron chi connectivity index (χ3n) is 1.14. The standard InChI is InChI=1S/C4H6F2.CHClO2/c1-3-2-4(3,5)6;2-1(3)4/h3H,2H2,1H3;(H,3,4). The first-order valence-electron chi connectivity index (χ1n) is 2.62. The fourth-order valence-electron chi connectivity index (χ4n) is 0.349. The minimum Gasteiger partial charge on any atom is -0.469 e. The van der Waals surface area contributed by atoms with Gasteiger partial charge in [0, 0.05) is 23.9 Å². The lowest BCUT2D eigenvalue weighted by Gasteiger charge is -1.82. The first-order valence-corrected chi connectivity index (χ1v) is 3.00. The molecule has 10 heavy (non-hydrogen) atoms. The highest BCUT2D eigenvalue weighted by Crippen LogP contribution is 2.47. The van der Waals surface area contributed by atoms with Gasteiger partial charge in [-0.1, -0.05) is 6.92 Å². The van der Waals surface area contributed by atoms with E-state index in [9.17, 15) is 8.78 Å². The summed E-state index contributed by atoms with van der Waals surface area (Å²) in [7, 11) is 0. The number of hydrogen-bond acceptors (Lipinski definition) is 1. The van der Waals surface area contributed by atoms with E-state index in [1.807, 2.05) is 0 Å². The van der Waals surface area contributed by atoms with E-state index < -0.39 is 11.4 Å². The molecule has 1 N–H and O–H groups in total. The molecule has 0 aromatic carbocycles. The molecule has 0 spiro atoms. The highest BCUT2D eigenvalue weighted by molar-refractivity contribution is 6.60. The maximum atomic E-state index is 11.5. The number of carbonyl (C=O) groups is 1. The zero-order chi connectivity index (χ0) is 8.36. The molecule has 0 heterocycles. The average Bonchev–Trinajstić information content (AvgIpc) is 2.08. The van der Waals surface area contributed by atoms with Gasteiger partial charge >= 0.3 is 5.43 Å². The van der Waals surface area contributed by atoms with Gasteiger partial charge in [0.25, 0.3) is 5.92 Å². The van der Waals surface area contributed by atoms with Crippen LogP contribution in [0.3, 0.4) is 0 Å². The molecule has 0 aromatic rings. The van der Waals surface area contributed by atoms with E-state index in [1.165, 1.54) is 0 Å². The van der Waals surface area contributed by atoms with E-state index in [1.54, 1.807) is 6.92 Å². The van der Waals surface area contributed by atoms with Crippen LogP contribution in [0.15, 0.2) is 0 Å². The van der Waals surface area contributed by atoms with Gasteiger partial charge in [-0.05, 0) is 0 Å². The predicted octanol–water partition coefficient (Wildman–Crippen LogP) is 2.56. The maximum absolute atomic E-state index is 11.5. The largest absolute Gasteiger partial charge is 0.469 e. The van der Waals surface area contributed by atoms with Crippen LogP contribution in [0.5, 0.6) is 0 Å². The van der Waals surface area contributed by atoms with Crippen LogP contribution in [0, 0.1) is 5.92 Å². The monoisotopic (exact) mass is 172 g/mol. The third kappa shape index (κ3) is 4.49. The Bertz CT molecular complexity index is 134. The van der Waals surface area contributed by atoms with E-state index in [0.29, 0.717) is 0 Å². The van der Waals surface area contributed by atoms with Crippen LogP contribution < -0.4 is 0 Å². The van der Waals surface area contributed by atoms with Crippen molar-refractivity contribution in [2.45, 2.75) is 19.3 Å². The molecule has 2 nitrogen and oxygen atoms in total. The topological polar surface area (TPSA) is 37.3 Å². The SMILES string of the molecule is CC1CC1(F)F.O=C(O)Cl. The number of carboxylic acid groups (broad SMARTS) is 1. The molecule has 1 unspecified atom stereocenters. The molecule has 0 bridgehead atoms. The summed E-state index contributed by atoms with van der Waals surface area (Å²) in [5.74, 6) is -2.63. The van der Waals surface area contributed by atoms with Crippen molar-refractivity contribution in [3.8, 4) is 0 Å². The quantitative estimate of drug-likeness (QED) is 0.571. The van der Waals surface area contributed by atoms with Crippen LogP contribution in [0.4, 0.5) is 13.6 Å². The Kier molecular flexibility index (Phi) is 3.02. The number of hydrogen-bond donors (Lipinski definition) is 1. The Hall–Kier alpha value is -0.380. The van der Waals surface area contributed by atoms with Gasteiger partial charge in [-0.25, -0.2) is 13.6 Å². The van der Waals surface area contributed by atoms with Crippen LogP contribution in [-0.4, -0.2) is 16.5 Å². The molecular weight excluding hydrogens is 166 g/mol. The van der Waals surface area contributed by atoms with Gasteiger partial charge in [-0.3, -0.25) is 0 Å². The summed E-state index contributed by atoms with van der Waals surface area (Å²) < 4.78 is 23.1. The predicted molar refractivity (Wildman–Crippen MR) is 32.6 cm³/mol. The maximum Gasteiger partial charge on any atom is 0.401 e. The molecule has 1 rings (SSSR count). The lowest BCUT2D eigenvalue weighted by atomic mass is 10.5. The van der Waals surface area contributed by atoms with Gasteiger partial charge < -0.3 is 5.11 Å². The number of rotatable bonds is 0. The van der Waals surface area contributed by atoms with Crippen LogP contribution >= 0.6 is 11.6 Å². The second-order valence-electron chi connectivity index (χ2n) is 2.12. The normalized spacial score (nSPS) is 26.2. The van der Waals surface area contributed by atoms with Gasteiger partial charge in [0.05, 0.1) is 0 Å². The zero-order valence-corrected chi connectivity index (χ0v) is 6.03. The molecule has 5 heteroatoms. The average molecular weight is 173 g/mol. The first kappa shape index (κ1) is 9.62. The molecule has 0 amide bonds. The van der Waals surface area contributed by atoms with Crippen molar-refractivity contribution in [3.63, 3.8) is 0 Å². The van der Waals surface area contributed by atoms with E-state index >= 15 is 0 Å². The molecule has 1 aliphatic rings. The van der Waals surface area contributed by atoms with Crippen molar-refractivity contribution in [3.05, 3.63) is 0 Å². The highest BCUT2D eigenvalue weighted by Gasteiger charge is 2.53. The molecule has 1 saturated carbocycles. The molecule has 0 aliphatic heterocycles. The zero-order valence-electron chi connectivity index (χ0n) is 5.27. The van der Waals surface area contributed by atoms with E-state index in [4.69, 9.17) is 9.90 Å². The fourth-order valence-corrected chi connectivity index (χ4v) is 0.349. The van der Waals surface area contributed by atoms with Crippen molar-refractivity contribution in [2.75, 3.05) is 0 Å². The Morgan fingerprint density at radius 2 is 1.90 bits per heavy atom. The smallest absolute Gasteiger partial charge is 0.401 e. The second kappa shape index (κ2) is 3.14. The van der Waals surface area contributed by atoms with E-state index in [-0.39, 0.29) is 12.3 Å². The lowest BCUT2D eigenvalue weighted by Crippen LogP contribution is -1.87. The van der Waals surface area contributed by atoms with E-state index in [2.05, 4.69) is 11.6 Å². The lowest BCUT2D eigenvalue weighted by molar-refractivity contribution is 0.102. The molecular formula is C5H7ClF2O2. The van der Waals surface area contributed by atoms with Gasteiger partial charge in [0.15, 0.2) is 0 Å². The first-order chi connectivity index (χ1) is 4.36. The van der Waals surface area contributed by atoms with Crippen LogP contribution in [0.1, 0.15) is 13.3 Å². The summed E-state index contributed by atoms with van der Waals surface area (Å²) >= 11 is 4.19. The van der Waals surface area contributed by atoms with Crippen LogP contribution in [-0.2, 0) is 0 Å². The minimum atomic E-state index is -2.29. The molecule has 60 valence electrons. The highest BCUT2D eigenvalue weighted by atomic mass is 35.5. The van der Waals surface area contributed by atoms with Crippen molar-refractivity contribution in [1.29, 1.82) is 0 Å². The van der Waals surface area contributed by atoms with Crippen molar-refractivity contribution in [2.24, 2.45) is 5.92 Å². The Labute approximate surface area is 61.8 Å². The van der Waals surface area contributed by atoms with Gasteiger partial charge in [-0.2, -0.15) is 0 Å². The number of alkyl halides is 2. The Balaban J connectivity index is 0.000000180. The molecule has 0 radical (unpaired) electrons. The summed E-state index contributed by atoms with van der Waals surface area (Å²) in [6, 6.07) is 0. The molecule has 0 saturated heterocycles. The van der Waals surface area contributed by atoms with Crippen LogP contribution in [0.2, 0.25) is 0 Å². The minimum absolute atomic E-state index is 0.104. The molecule has 0 aromatic heterocycles. The van der Waals surface area contributed by atoms with Crippen LogP contribution in [0.25, 0.3) is 0 Å².